The first kappa shape index (κ1) is 17.8. The molecule has 1 saturated heterocycles. The van der Waals surface area contributed by atoms with Crippen LogP contribution in [0.25, 0.3) is 11.2 Å². The molecule has 25 heavy (non-hydrogen) atoms. The maximum atomic E-state index is 10.2. The van der Waals surface area contributed by atoms with Crippen LogP contribution in [0.2, 0.25) is 0 Å². The number of nitrogens with two attached hydrogens (primary N) is 1. The molecule has 2 aromatic rings. The van der Waals surface area contributed by atoms with Gasteiger partial charge in [0.1, 0.15) is 18.3 Å². The normalized spacial score (nSPS) is 26.4. The first-order valence-corrected chi connectivity index (χ1v) is 7.93. The Morgan fingerprint density at radius 2 is 2.00 bits per heavy atom. The van der Waals surface area contributed by atoms with Crippen LogP contribution in [0.15, 0.2) is 6.33 Å². The van der Waals surface area contributed by atoms with E-state index in [1.807, 2.05) is 0 Å². The van der Waals surface area contributed by atoms with E-state index in [1.165, 1.54) is 10.9 Å². The smallest absolute Gasteiger partial charge is 0.247 e. The van der Waals surface area contributed by atoms with E-state index in [0.717, 1.165) is 0 Å². The van der Waals surface area contributed by atoms with E-state index >= 15 is 0 Å². The fraction of sp³-hybridized carbons (Fsp3) is 0.643. The Morgan fingerprint density at radius 3 is 2.68 bits per heavy atom. The van der Waals surface area contributed by atoms with Crippen LogP contribution < -0.4 is 10.5 Å². The van der Waals surface area contributed by atoms with Gasteiger partial charge in [-0.1, -0.05) is 0 Å². The Hall–Kier alpha value is -2.05. The average Bonchev–Trinajstić information content (AvgIpc) is 3.13. The van der Waals surface area contributed by atoms with E-state index in [-0.39, 0.29) is 24.1 Å². The van der Waals surface area contributed by atoms with Crippen molar-refractivity contribution in [2.75, 3.05) is 25.6 Å². The Kier molecular flexibility index (Phi) is 5.30. The Bertz CT molecular complexity index is 725. The highest BCUT2D eigenvalue weighted by Crippen LogP contribution is 2.32. The fourth-order valence-electron chi connectivity index (χ4n) is 2.69. The van der Waals surface area contributed by atoms with E-state index in [4.69, 9.17) is 20.3 Å². The minimum absolute atomic E-state index is 0.0434. The van der Waals surface area contributed by atoms with Gasteiger partial charge in [-0.2, -0.15) is 9.97 Å². The van der Waals surface area contributed by atoms with E-state index in [1.54, 1.807) is 0 Å². The van der Waals surface area contributed by atoms with Crippen molar-refractivity contribution in [2.24, 2.45) is 0 Å². The molecule has 0 spiro atoms. The molecule has 3 heterocycles. The number of nitrogens with zero attached hydrogens (tertiary/aromatic N) is 4. The van der Waals surface area contributed by atoms with Crippen LogP contribution in [-0.2, 0) is 4.74 Å². The van der Waals surface area contributed by atoms with Gasteiger partial charge in [0.2, 0.25) is 11.8 Å². The number of rotatable bonds is 7. The number of aliphatic hydroxyl groups is 4. The van der Waals surface area contributed by atoms with Crippen LogP contribution in [0, 0.1) is 0 Å². The molecule has 0 amide bonds. The van der Waals surface area contributed by atoms with E-state index in [0.29, 0.717) is 25.0 Å². The first-order valence-electron chi connectivity index (χ1n) is 7.93. The minimum Gasteiger partial charge on any atom is -0.476 e. The van der Waals surface area contributed by atoms with Crippen molar-refractivity contribution in [3.8, 4) is 5.88 Å². The summed E-state index contributed by atoms with van der Waals surface area (Å²) in [5.41, 5.74) is 6.33. The molecule has 1 fully saturated rings. The predicted molar refractivity (Wildman–Crippen MR) is 84.6 cm³/mol. The average molecular weight is 355 g/mol. The topological polar surface area (TPSA) is 169 Å². The predicted octanol–water partition coefficient (Wildman–Crippen LogP) is -1.83. The van der Waals surface area contributed by atoms with Crippen molar-refractivity contribution in [2.45, 2.75) is 37.4 Å². The molecule has 3 rings (SSSR count). The summed E-state index contributed by atoms with van der Waals surface area (Å²) < 4.78 is 12.5. The molecule has 6 N–H and O–H groups in total. The lowest BCUT2D eigenvalue weighted by atomic mass is 10.1. The highest BCUT2D eigenvalue weighted by atomic mass is 16.6. The molecule has 138 valence electrons. The second kappa shape index (κ2) is 7.45. The van der Waals surface area contributed by atoms with Gasteiger partial charge < -0.3 is 35.6 Å². The Balaban J connectivity index is 1.89. The third-order valence-corrected chi connectivity index (χ3v) is 3.99. The van der Waals surface area contributed by atoms with Crippen molar-refractivity contribution in [1.82, 2.24) is 19.5 Å². The van der Waals surface area contributed by atoms with Gasteiger partial charge in [-0.15, -0.1) is 0 Å². The number of aliphatic hydroxyl groups excluding tert-OH is 4. The van der Waals surface area contributed by atoms with Crippen molar-refractivity contribution >= 4 is 17.1 Å². The van der Waals surface area contributed by atoms with Crippen LogP contribution in [0.3, 0.4) is 0 Å². The minimum atomic E-state index is -1.26. The van der Waals surface area contributed by atoms with Crippen LogP contribution in [0.5, 0.6) is 5.88 Å². The lowest BCUT2D eigenvalue weighted by molar-refractivity contribution is -0.0511. The molecular weight excluding hydrogens is 334 g/mol. The number of hydrogen-bond donors (Lipinski definition) is 5. The number of aromatic nitrogens is 4. The van der Waals surface area contributed by atoms with Gasteiger partial charge >= 0.3 is 0 Å². The molecule has 2 aromatic heterocycles. The maximum Gasteiger partial charge on any atom is 0.247 e. The summed E-state index contributed by atoms with van der Waals surface area (Å²) in [6.07, 6.45) is -1.78. The number of anilines is 1. The van der Waals surface area contributed by atoms with E-state index in [2.05, 4.69) is 15.0 Å². The first-order chi connectivity index (χ1) is 12.1. The van der Waals surface area contributed by atoms with Gasteiger partial charge in [0.15, 0.2) is 17.4 Å². The molecular formula is C14H21N5O6. The number of unbranched alkanes of at least 4 members (excludes halogenated alkanes) is 1. The third-order valence-electron chi connectivity index (χ3n) is 3.99. The lowest BCUT2D eigenvalue weighted by Gasteiger charge is -2.16. The van der Waals surface area contributed by atoms with Crippen molar-refractivity contribution in [1.29, 1.82) is 0 Å². The van der Waals surface area contributed by atoms with Gasteiger partial charge in [0.05, 0.1) is 19.5 Å². The number of hydrogen-bond acceptors (Lipinski definition) is 10. The van der Waals surface area contributed by atoms with Crippen LogP contribution >= 0.6 is 0 Å². The molecule has 11 nitrogen and oxygen atoms in total. The highest BCUT2D eigenvalue weighted by Gasteiger charge is 2.44. The number of ether oxygens (including phenoxy) is 2. The Labute approximate surface area is 142 Å². The highest BCUT2D eigenvalue weighted by molar-refractivity contribution is 5.77. The molecule has 0 aliphatic carbocycles. The van der Waals surface area contributed by atoms with E-state index < -0.39 is 31.1 Å². The van der Waals surface area contributed by atoms with Gasteiger partial charge in [0, 0.05) is 6.61 Å². The summed E-state index contributed by atoms with van der Waals surface area (Å²) >= 11 is 0. The van der Waals surface area contributed by atoms with Crippen molar-refractivity contribution in [3.63, 3.8) is 0 Å². The van der Waals surface area contributed by atoms with Gasteiger partial charge in [-0.3, -0.25) is 4.57 Å². The van der Waals surface area contributed by atoms with Crippen LogP contribution in [-0.4, -0.2) is 78.1 Å². The summed E-state index contributed by atoms with van der Waals surface area (Å²) in [6, 6.07) is 0. The van der Waals surface area contributed by atoms with Gasteiger partial charge in [0.25, 0.3) is 0 Å². The third kappa shape index (κ3) is 3.37. The van der Waals surface area contributed by atoms with Crippen molar-refractivity contribution < 1.29 is 29.9 Å². The summed E-state index contributed by atoms with van der Waals surface area (Å²) in [5, 5.41) is 38.1. The summed E-state index contributed by atoms with van der Waals surface area (Å²) in [5.74, 6) is 0.143. The number of imidazole rings is 1. The van der Waals surface area contributed by atoms with E-state index in [9.17, 15) is 15.3 Å². The van der Waals surface area contributed by atoms with Crippen LogP contribution in [0.1, 0.15) is 19.1 Å². The molecule has 1 aliphatic heterocycles. The summed E-state index contributed by atoms with van der Waals surface area (Å²) in [4.78, 5) is 12.3. The standard InChI is InChI=1S/C14H21N5O6/c15-14-17-11-8(12(18-14)24-4-2-1-3-20)16-6-19(11)13-10(23)9(22)7(5-21)25-13/h6-7,9-10,13,20-23H,1-5H2,(H2,15,17,18)/t7-,9-,10-,13-/m1/s1. The van der Waals surface area contributed by atoms with Crippen LogP contribution in [0.4, 0.5) is 5.95 Å². The molecule has 0 saturated carbocycles. The zero-order chi connectivity index (χ0) is 18.0. The molecule has 1 aliphatic rings. The number of nitrogen functional groups attached to an aromatic ring is 1. The zero-order valence-corrected chi connectivity index (χ0v) is 13.4. The molecule has 4 atom stereocenters. The second-order valence-electron chi connectivity index (χ2n) is 5.72. The maximum absolute atomic E-state index is 10.2. The Morgan fingerprint density at radius 1 is 1.20 bits per heavy atom. The summed E-state index contributed by atoms with van der Waals surface area (Å²) in [6.45, 7) is -0.0326. The van der Waals surface area contributed by atoms with Crippen molar-refractivity contribution in [3.05, 3.63) is 6.33 Å². The second-order valence-corrected chi connectivity index (χ2v) is 5.72. The molecule has 0 radical (unpaired) electrons. The largest absolute Gasteiger partial charge is 0.476 e. The molecule has 0 unspecified atom stereocenters. The zero-order valence-electron chi connectivity index (χ0n) is 13.4. The molecule has 0 bridgehead atoms. The van der Waals surface area contributed by atoms with Gasteiger partial charge in [-0.05, 0) is 12.8 Å². The lowest BCUT2D eigenvalue weighted by Crippen LogP contribution is -2.33. The fourth-order valence-corrected chi connectivity index (χ4v) is 2.69. The summed E-state index contributed by atoms with van der Waals surface area (Å²) in [7, 11) is 0. The SMILES string of the molecule is Nc1nc(OCCCCO)c2ncn([C@@H]3O[C@H](CO)[C@@H](O)[C@H]3O)c2n1. The monoisotopic (exact) mass is 355 g/mol. The quantitative estimate of drug-likeness (QED) is 0.356. The molecule has 0 aromatic carbocycles. The molecule has 11 heteroatoms. The van der Waals surface area contributed by atoms with Gasteiger partial charge in [-0.25, -0.2) is 4.98 Å². The number of fused-ring (bicyclic) bond motifs is 1.